The number of ether oxygens (including phenoxy) is 1. The Morgan fingerprint density at radius 2 is 1.83 bits per heavy atom. The van der Waals surface area contributed by atoms with Crippen LogP contribution in [0.1, 0.15) is 24.5 Å². The summed E-state index contributed by atoms with van der Waals surface area (Å²) in [6.07, 6.45) is 0.0489. The van der Waals surface area contributed by atoms with E-state index in [1.807, 2.05) is 50.2 Å². The van der Waals surface area contributed by atoms with Crippen LogP contribution in [0.15, 0.2) is 48.5 Å². The SMILES string of the molecule is CC[C@H](Oc1ccccc1Cl)C(=O)N(C)Cc1ccc(C)cc1. The van der Waals surface area contributed by atoms with Crippen molar-refractivity contribution >= 4 is 17.5 Å². The number of likely N-dealkylation sites (N-methyl/N-ethyl adjacent to an activating group) is 1. The van der Waals surface area contributed by atoms with Gasteiger partial charge in [-0.3, -0.25) is 4.79 Å². The van der Waals surface area contributed by atoms with Gasteiger partial charge in [-0.15, -0.1) is 0 Å². The fourth-order valence-corrected chi connectivity index (χ4v) is 2.47. The molecule has 0 aliphatic rings. The van der Waals surface area contributed by atoms with Crippen LogP contribution >= 0.6 is 11.6 Å². The third-order valence-corrected chi connectivity index (χ3v) is 3.98. The van der Waals surface area contributed by atoms with Crippen molar-refractivity contribution in [3.8, 4) is 5.75 Å². The normalized spacial score (nSPS) is 11.8. The monoisotopic (exact) mass is 331 g/mol. The summed E-state index contributed by atoms with van der Waals surface area (Å²) in [4.78, 5) is 14.3. The van der Waals surface area contributed by atoms with E-state index in [2.05, 4.69) is 0 Å². The predicted molar refractivity (Wildman–Crippen MR) is 93.8 cm³/mol. The second kappa shape index (κ2) is 8.02. The van der Waals surface area contributed by atoms with Crippen molar-refractivity contribution in [1.82, 2.24) is 4.90 Å². The van der Waals surface area contributed by atoms with Gasteiger partial charge >= 0.3 is 0 Å². The lowest BCUT2D eigenvalue weighted by molar-refractivity contribution is -0.138. The molecule has 0 saturated heterocycles. The van der Waals surface area contributed by atoms with Crippen LogP contribution in [0.2, 0.25) is 5.02 Å². The summed E-state index contributed by atoms with van der Waals surface area (Å²) < 4.78 is 5.81. The molecule has 0 radical (unpaired) electrons. The smallest absolute Gasteiger partial charge is 0.263 e. The highest BCUT2D eigenvalue weighted by Gasteiger charge is 2.23. The molecule has 2 rings (SSSR count). The van der Waals surface area contributed by atoms with Gasteiger partial charge in [0, 0.05) is 13.6 Å². The Balaban J connectivity index is 2.03. The summed E-state index contributed by atoms with van der Waals surface area (Å²) in [5.41, 5.74) is 2.30. The minimum atomic E-state index is -0.537. The first-order valence-electron chi connectivity index (χ1n) is 7.73. The molecule has 0 spiro atoms. The van der Waals surface area contributed by atoms with Gasteiger partial charge in [-0.1, -0.05) is 60.5 Å². The zero-order valence-electron chi connectivity index (χ0n) is 13.8. The van der Waals surface area contributed by atoms with Crippen molar-refractivity contribution in [2.24, 2.45) is 0 Å². The molecule has 122 valence electrons. The van der Waals surface area contributed by atoms with Crippen molar-refractivity contribution in [2.75, 3.05) is 7.05 Å². The molecule has 2 aromatic rings. The molecule has 0 aromatic heterocycles. The van der Waals surface area contributed by atoms with Crippen molar-refractivity contribution < 1.29 is 9.53 Å². The maximum atomic E-state index is 12.6. The topological polar surface area (TPSA) is 29.5 Å². The van der Waals surface area contributed by atoms with E-state index in [9.17, 15) is 4.79 Å². The summed E-state index contributed by atoms with van der Waals surface area (Å²) in [6, 6.07) is 15.4. The van der Waals surface area contributed by atoms with E-state index >= 15 is 0 Å². The van der Waals surface area contributed by atoms with Crippen LogP contribution in [0, 0.1) is 6.92 Å². The van der Waals surface area contributed by atoms with Crippen molar-refractivity contribution in [3.05, 3.63) is 64.7 Å². The largest absolute Gasteiger partial charge is 0.479 e. The summed E-state index contributed by atoms with van der Waals surface area (Å²) in [5.74, 6) is 0.492. The minimum Gasteiger partial charge on any atom is -0.479 e. The minimum absolute atomic E-state index is 0.0482. The van der Waals surface area contributed by atoms with Crippen LogP contribution in [0.5, 0.6) is 5.75 Å². The molecular formula is C19H22ClNO2. The second-order valence-corrected chi connectivity index (χ2v) is 6.03. The fourth-order valence-electron chi connectivity index (χ4n) is 2.29. The van der Waals surface area contributed by atoms with Gasteiger partial charge in [0.05, 0.1) is 5.02 Å². The number of halogens is 1. The highest BCUT2D eigenvalue weighted by molar-refractivity contribution is 6.32. The molecule has 1 amide bonds. The highest BCUT2D eigenvalue weighted by Crippen LogP contribution is 2.25. The number of aryl methyl sites for hydroxylation is 1. The predicted octanol–water partition coefficient (Wildman–Crippen LogP) is 4.46. The molecule has 0 aliphatic carbocycles. The molecule has 0 heterocycles. The zero-order valence-corrected chi connectivity index (χ0v) is 14.5. The number of para-hydroxylation sites is 1. The van der Waals surface area contributed by atoms with Gasteiger partial charge < -0.3 is 9.64 Å². The second-order valence-electron chi connectivity index (χ2n) is 5.63. The van der Waals surface area contributed by atoms with Crippen molar-refractivity contribution in [1.29, 1.82) is 0 Å². The maximum Gasteiger partial charge on any atom is 0.263 e. The van der Waals surface area contributed by atoms with Crippen molar-refractivity contribution in [3.63, 3.8) is 0 Å². The Kier molecular flexibility index (Phi) is 6.05. The number of hydrogen-bond acceptors (Lipinski definition) is 2. The molecule has 0 bridgehead atoms. The van der Waals surface area contributed by atoms with Crippen LogP contribution < -0.4 is 4.74 Å². The molecule has 0 unspecified atom stereocenters. The Morgan fingerprint density at radius 1 is 1.17 bits per heavy atom. The van der Waals surface area contributed by atoms with E-state index in [4.69, 9.17) is 16.3 Å². The highest BCUT2D eigenvalue weighted by atomic mass is 35.5. The standard InChI is InChI=1S/C19H22ClNO2/c1-4-17(23-18-8-6-5-7-16(18)20)19(22)21(3)13-15-11-9-14(2)10-12-15/h5-12,17H,4,13H2,1-3H3/t17-/m0/s1. The van der Waals surface area contributed by atoms with Gasteiger partial charge in [-0.25, -0.2) is 0 Å². The van der Waals surface area contributed by atoms with Gasteiger partial charge in [0.25, 0.3) is 5.91 Å². The quantitative estimate of drug-likeness (QED) is 0.782. The molecular weight excluding hydrogens is 310 g/mol. The molecule has 0 fully saturated rings. The average Bonchev–Trinajstić information content (AvgIpc) is 2.55. The summed E-state index contributed by atoms with van der Waals surface area (Å²) >= 11 is 6.10. The number of rotatable bonds is 6. The Bertz CT molecular complexity index is 655. The Hall–Kier alpha value is -2.00. The molecule has 4 heteroatoms. The number of nitrogens with zero attached hydrogens (tertiary/aromatic N) is 1. The Morgan fingerprint density at radius 3 is 2.43 bits per heavy atom. The lowest BCUT2D eigenvalue weighted by Crippen LogP contribution is -2.39. The average molecular weight is 332 g/mol. The van der Waals surface area contributed by atoms with Gasteiger partial charge in [-0.2, -0.15) is 0 Å². The van der Waals surface area contributed by atoms with Crippen LogP contribution in [-0.4, -0.2) is 24.0 Å². The van der Waals surface area contributed by atoms with Gasteiger partial charge in [0.2, 0.25) is 0 Å². The third kappa shape index (κ3) is 4.73. The summed E-state index contributed by atoms with van der Waals surface area (Å²) in [5, 5.41) is 0.514. The van der Waals surface area contributed by atoms with Crippen LogP contribution in [0.4, 0.5) is 0 Å². The zero-order chi connectivity index (χ0) is 16.8. The number of amides is 1. The van der Waals surface area contributed by atoms with Crippen LogP contribution in [0.25, 0.3) is 0 Å². The summed E-state index contributed by atoms with van der Waals surface area (Å²) in [7, 11) is 1.79. The number of benzene rings is 2. The first-order valence-corrected chi connectivity index (χ1v) is 8.10. The van der Waals surface area contributed by atoms with E-state index in [1.54, 1.807) is 24.1 Å². The fraction of sp³-hybridized carbons (Fsp3) is 0.316. The Labute approximate surface area is 142 Å². The first-order chi connectivity index (χ1) is 11.0. The van der Waals surface area contributed by atoms with E-state index in [0.717, 1.165) is 5.56 Å². The van der Waals surface area contributed by atoms with E-state index in [1.165, 1.54) is 5.56 Å². The number of carbonyl (C=O) groups excluding carboxylic acids is 1. The summed E-state index contributed by atoms with van der Waals surface area (Å²) in [6.45, 7) is 4.53. The van der Waals surface area contributed by atoms with Gasteiger partial charge in [0.15, 0.2) is 6.10 Å². The molecule has 23 heavy (non-hydrogen) atoms. The maximum absolute atomic E-state index is 12.6. The number of carbonyl (C=O) groups is 1. The van der Waals surface area contributed by atoms with Gasteiger partial charge in [0.1, 0.15) is 5.75 Å². The first kappa shape index (κ1) is 17.4. The third-order valence-electron chi connectivity index (χ3n) is 3.67. The molecule has 2 aromatic carbocycles. The lowest BCUT2D eigenvalue weighted by atomic mass is 10.1. The molecule has 3 nitrogen and oxygen atoms in total. The van der Waals surface area contributed by atoms with Gasteiger partial charge in [-0.05, 0) is 31.0 Å². The van der Waals surface area contributed by atoms with Crippen LogP contribution in [0.3, 0.4) is 0 Å². The van der Waals surface area contributed by atoms with Crippen LogP contribution in [-0.2, 0) is 11.3 Å². The number of hydrogen-bond donors (Lipinski definition) is 0. The van der Waals surface area contributed by atoms with E-state index in [-0.39, 0.29) is 5.91 Å². The lowest BCUT2D eigenvalue weighted by Gasteiger charge is -2.24. The van der Waals surface area contributed by atoms with E-state index < -0.39 is 6.10 Å². The van der Waals surface area contributed by atoms with Crippen molar-refractivity contribution in [2.45, 2.75) is 32.9 Å². The molecule has 0 saturated carbocycles. The molecule has 0 aliphatic heterocycles. The molecule has 1 atom stereocenters. The molecule has 0 N–H and O–H groups in total. The van der Waals surface area contributed by atoms with E-state index in [0.29, 0.717) is 23.7 Å².